The number of aromatic nitrogens is 1. The minimum Gasteiger partial charge on any atom is -0.374 e. The van der Waals surface area contributed by atoms with E-state index in [-0.39, 0.29) is 6.04 Å². The van der Waals surface area contributed by atoms with Crippen LogP contribution < -0.4 is 10.6 Å². The number of pyridine rings is 1. The first-order chi connectivity index (χ1) is 9.09. The van der Waals surface area contributed by atoms with Crippen molar-refractivity contribution in [3.05, 3.63) is 36.5 Å². The summed E-state index contributed by atoms with van der Waals surface area (Å²) in [6, 6.07) is 10.6. The maximum absolute atomic E-state index is 6.12. The number of nitrogens with two attached hydrogens (primary N) is 1. The lowest BCUT2D eigenvalue weighted by Gasteiger charge is -2.24. The molecule has 0 aliphatic rings. The minimum absolute atomic E-state index is 0.260. The molecule has 3 nitrogen and oxygen atoms in total. The van der Waals surface area contributed by atoms with Crippen LogP contribution in [0.2, 0.25) is 0 Å². The molecule has 19 heavy (non-hydrogen) atoms. The van der Waals surface area contributed by atoms with Crippen molar-refractivity contribution in [2.45, 2.75) is 26.3 Å². The van der Waals surface area contributed by atoms with Gasteiger partial charge in [0.25, 0.3) is 0 Å². The molecule has 0 bridgehead atoms. The largest absolute Gasteiger partial charge is 0.374 e. The van der Waals surface area contributed by atoms with Crippen LogP contribution in [0, 0.1) is 5.92 Å². The summed E-state index contributed by atoms with van der Waals surface area (Å²) >= 11 is 0. The Morgan fingerprint density at radius 2 is 1.95 bits per heavy atom. The molecule has 2 N–H and O–H groups in total. The van der Waals surface area contributed by atoms with E-state index < -0.39 is 0 Å². The molecular weight excluding hydrogens is 234 g/mol. The predicted octanol–water partition coefficient (Wildman–Crippen LogP) is 3.04. The molecule has 1 atom stereocenters. The summed E-state index contributed by atoms with van der Waals surface area (Å²) in [6.45, 7) is 5.31. The molecule has 102 valence electrons. The maximum Gasteiger partial charge on any atom is 0.0722 e. The van der Waals surface area contributed by atoms with Gasteiger partial charge in [-0.1, -0.05) is 32.0 Å². The van der Waals surface area contributed by atoms with Gasteiger partial charge in [-0.2, -0.15) is 0 Å². The van der Waals surface area contributed by atoms with E-state index in [9.17, 15) is 0 Å². The molecule has 0 aliphatic carbocycles. The Labute approximate surface area is 115 Å². The van der Waals surface area contributed by atoms with Crippen molar-refractivity contribution in [1.82, 2.24) is 4.98 Å². The average Bonchev–Trinajstić information content (AvgIpc) is 2.43. The van der Waals surface area contributed by atoms with Gasteiger partial charge in [-0.05, 0) is 24.5 Å². The van der Waals surface area contributed by atoms with E-state index in [2.05, 4.69) is 49.0 Å². The van der Waals surface area contributed by atoms with Gasteiger partial charge in [0.15, 0.2) is 0 Å². The van der Waals surface area contributed by atoms with Crippen LogP contribution in [0.25, 0.3) is 10.9 Å². The molecule has 0 fully saturated rings. The maximum atomic E-state index is 6.12. The lowest BCUT2D eigenvalue weighted by Crippen LogP contribution is -2.31. The van der Waals surface area contributed by atoms with Gasteiger partial charge in [0, 0.05) is 36.9 Å². The van der Waals surface area contributed by atoms with E-state index in [0.717, 1.165) is 18.5 Å². The smallest absolute Gasteiger partial charge is 0.0722 e. The number of nitrogens with zero attached hydrogens (tertiary/aromatic N) is 2. The average molecular weight is 257 g/mol. The number of rotatable bonds is 5. The van der Waals surface area contributed by atoms with E-state index in [1.54, 1.807) is 0 Å². The zero-order valence-electron chi connectivity index (χ0n) is 12.0. The van der Waals surface area contributed by atoms with Crippen LogP contribution in [0.5, 0.6) is 0 Å². The van der Waals surface area contributed by atoms with Crippen molar-refractivity contribution < 1.29 is 0 Å². The fourth-order valence-electron chi connectivity index (χ4n) is 2.21. The molecule has 2 aromatic rings. The first-order valence-corrected chi connectivity index (χ1v) is 6.90. The molecular formula is C16H23N3. The summed E-state index contributed by atoms with van der Waals surface area (Å²) < 4.78 is 0. The summed E-state index contributed by atoms with van der Waals surface area (Å²) in [6.07, 6.45) is 2.88. The lowest BCUT2D eigenvalue weighted by atomic mass is 10.0. The molecule has 0 radical (unpaired) electrons. The summed E-state index contributed by atoms with van der Waals surface area (Å²) in [5, 5.41) is 1.20. The van der Waals surface area contributed by atoms with Crippen LogP contribution >= 0.6 is 0 Å². The summed E-state index contributed by atoms with van der Waals surface area (Å²) in [7, 11) is 2.12. The van der Waals surface area contributed by atoms with E-state index in [0.29, 0.717) is 5.92 Å². The predicted molar refractivity (Wildman–Crippen MR) is 82.4 cm³/mol. The van der Waals surface area contributed by atoms with E-state index in [1.165, 1.54) is 11.1 Å². The summed E-state index contributed by atoms with van der Waals surface area (Å²) in [5.41, 5.74) is 8.38. The van der Waals surface area contributed by atoms with Gasteiger partial charge in [-0.25, -0.2) is 0 Å². The SMILES string of the molecule is CC(C)C(N)CCN(C)c1ccnc2ccccc12. The fourth-order valence-corrected chi connectivity index (χ4v) is 2.21. The highest BCUT2D eigenvalue weighted by Crippen LogP contribution is 2.24. The molecule has 1 aromatic carbocycles. The van der Waals surface area contributed by atoms with Crippen molar-refractivity contribution in [2.75, 3.05) is 18.5 Å². The second-order valence-electron chi connectivity index (χ2n) is 5.47. The monoisotopic (exact) mass is 257 g/mol. The van der Waals surface area contributed by atoms with Gasteiger partial charge >= 0.3 is 0 Å². The molecule has 0 saturated heterocycles. The molecule has 0 aliphatic heterocycles. The van der Waals surface area contributed by atoms with Crippen molar-refractivity contribution in [3.63, 3.8) is 0 Å². The molecule has 0 saturated carbocycles. The first kappa shape index (κ1) is 13.8. The number of para-hydroxylation sites is 1. The lowest BCUT2D eigenvalue weighted by molar-refractivity contribution is 0.466. The number of anilines is 1. The third-order valence-electron chi connectivity index (χ3n) is 3.69. The Bertz CT molecular complexity index is 531. The van der Waals surface area contributed by atoms with Crippen LogP contribution in [-0.2, 0) is 0 Å². The van der Waals surface area contributed by atoms with Gasteiger partial charge in [-0.3, -0.25) is 4.98 Å². The van der Waals surface area contributed by atoms with Gasteiger partial charge < -0.3 is 10.6 Å². The molecule has 1 heterocycles. The molecule has 0 amide bonds. The van der Waals surface area contributed by atoms with E-state index >= 15 is 0 Å². The van der Waals surface area contributed by atoms with Gasteiger partial charge in [-0.15, -0.1) is 0 Å². The first-order valence-electron chi connectivity index (χ1n) is 6.90. The Hall–Kier alpha value is -1.61. The quantitative estimate of drug-likeness (QED) is 0.895. The standard InChI is InChI=1S/C16H23N3/c1-12(2)14(17)9-11-19(3)16-8-10-18-15-7-5-4-6-13(15)16/h4-8,10,12,14H,9,11,17H2,1-3H3. The van der Waals surface area contributed by atoms with E-state index in [1.807, 2.05) is 18.3 Å². The highest BCUT2D eigenvalue weighted by atomic mass is 15.1. The third-order valence-corrected chi connectivity index (χ3v) is 3.69. The highest BCUT2D eigenvalue weighted by Gasteiger charge is 2.11. The number of hydrogen-bond acceptors (Lipinski definition) is 3. The van der Waals surface area contributed by atoms with Gasteiger partial charge in [0.05, 0.1) is 5.52 Å². The molecule has 1 unspecified atom stereocenters. The number of benzene rings is 1. The molecule has 3 heteroatoms. The Balaban J connectivity index is 2.15. The van der Waals surface area contributed by atoms with Crippen molar-refractivity contribution in [1.29, 1.82) is 0 Å². The van der Waals surface area contributed by atoms with Crippen LogP contribution in [0.4, 0.5) is 5.69 Å². The van der Waals surface area contributed by atoms with Crippen LogP contribution in [0.15, 0.2) is 36.5 Å². The van der Waals surface area contributed by atoms with E-state index in [4.69, 9.17) is 5.73 Å². The third kappa shape index (κ3) is 3.24. The highest BCUT2D eigenvalue weighted by molar-refractivity contribution is 5.91. The van der Waals surface area contributed by atoms with Crippen molar-refractivity contribution in [2.24, 2.45) is 11.7 Å². The minimum atomic E-state index is 0.260. The zero-order chi connectivity index (χ0) is 13.8. The Morgan fingerprint density at radius 3 is 2.68 bits per heavy atom. The normalized spacial score (nSPS) is 12.9. The Kier molecular flexibility index (Phi) is 4.38. The van der Waals surface area contributed by atoms with Crippen molar-refractivity contribution >= 4 is 16.6 Å². The topological polar surface area (TPSA) is 42.1 Å². The van der Waals surface area contributed by atoms with Crippen LogP contribution in [0.1, 0.15) is 20.3 Å². The number of hydrogen-bond donors (Lipinski definition) is 1. The van der Waals surface area contributed by atoms with Gasteiger partial charge in [0.1, 0.15) is 0 Å². The fraction of sp³-hybridized carbons (Fsp3) is 0.438. The second-order valence-corrected chi connectivity index (χ2v) is 5.47. The Morgan fingerprint density at radius 1 is 1.21 bits per heavy atom. The zero-order valence-corrected chi connectivity index (χ0v) is 12.0. The molecule has 2 rings (SSSR count). The second kappa shape index (κ2) is 6.02. The van der Waals surface area contributed by atoms with Crippen LogP contribution in [-0.4, -0.2) is 24.6 Å². The summed E-state index contributed by atoms with van der Waals surface area (Å²) in [4.78, 5) is 6.67. The molecule has 0 spiro atoms. The van der Waals surface area contributed by atoms with Gasteiger partial charge in [0.2, 0.25) is 0 Å². The number of fused-ring (bicyclic) bond motifs is 1. The summed E-state index contributed by atoms with van der Waals surface area (Å²) in [5.74, 6) is 0.530. The van der Waals surface area contributed by atoms with Crippen LogP contribution in [0.3, 0.4) is 0 Å². The van der Waals surface area contributed by atoms with Crippen molar-refractivity contribution in [3.8, 4) is 0 Å². The molecule has 1 aromatic heterocycles.